The Morgan fingerprint density at radius 3 is 2.83 bits per heavy atom. The van der Waals surface area contributed by atoms with Crippen LogP contribution in [0, 0.1) is 6.92 Å². The maximum Gasteiger partial charge on any atom is 0.224 e. The van der Waals surface area contributed by atoms with E-state index >= 15 is 0 Å². The van der Waals surface area contributed by atoms with Crippen molar-refractivity contribution in [1.82, 2.24) is 9.97 Å². The molecule has 1 aromatic carbocycles. The third kappa shape index (κ3) is 3.20. The zero-order valence-corrected chi connectivity index (χ0v) is 11.9. The molecule has 2 aromatic rings. The van der Waals surface area contributed by atoms with Crippen LogP contribution in [0.5, 0.6) is 11.6 Å². The largest absolute Gasteiger partial charge is 0.439 e. The van der Waals surface area contributed by atoms with Crippen LogP contribution in [0.1, 0.15) is 12.5 Å². The molecular weight excluding hydrogens is 294 g/mol. The topological polar surface area (TPSA) is 47.0 Å². The van der Waals surface area contributed by atoms with Crippen LogP contribution in [0.2, 0.25) is 0 Å². The second-order valence-electron chi connectivity index (χ2n) is 3.78. The van der Waals surface area contributed by atoms with E-state index in [2.05, 4.69) is 31.2 Å². The van der Waals surface area contributed by atoms with Crippen LogP contribution in [0.4, 0.5) is 5.82 Å². The van der Waals surface area contributed by atoms with Gasteiger partial charge in [0.1, 0.15) is 17.9 Å². The molecule has 0 amide bonds. The number of halogens is 1. The van der Waals surface area contributed by atoms with E-state index in [1.54, 1.807) is 6.07 Å². The first kappa shape index (κ1) is 12.8. The zero-order chi connectivity index (χ0) is 13.0. The summed E-state index contributed by atoms with van der Waals surface area (Å²) in [6.45, 7) is 4.84. The van der Waals surface area contributed by atoms with E-state index in [9.17, 15) is 0 Å². The molecule has 0 fully saturated rings. The molecule has 0 aliphatic carbocycles. The van der Waals surface area contributed by atoms with Gasteiger partial charge in [-0.05, 0) is 37.6 Å². The molecule has 5 heteroatoms. The first-order valence-electron chi connectivity index (χ1n) is 5.69. The predicted molar refractivity (Wildman–Crippen MR) is 75.1 cm³/mol. The van der Waals surface area contributed by atoms with E-state index < -0.39 is 0 Å². The van der Waals surface area contributed by atoms with Gasteiger partial charge in [-0.1, -0.05) is 15.9 Å². The van der Waals surface area contributed by atoms with Crippen LogP contribution >= 0.6 is 15.9 Å². The minimum Gasteiger partial charge on any atom is -0.439 e. The fraction of sp³-hybridized carbons (Fsp3) is 0.231. The summed E-state index contributed by atoms with van der Waals surface area (Å²) in [7, 11) is 0. The molecule has 1 heterocycles. The minimum atomic E-state index is 0.530. The highest BCUT2D eigenvalue weighted by Crippen LogP contribution is 2.25. The monoisotopic (exact) mass is 307 g/mol. The van der Waals surface area contributed by atoms with Crippen molar-refractivity contribution in [3.63, 3.8) is 0 Å². The normalized spacial score (nSPS) is 10.2. The average molecular weight is 308 g/mol. The molecule has 0 saturated heterocycles. The summed E-state index contributed by atoms with van der Waals surface area (Å²) in [6, 6.07) is 7.59. The summed E-state index contributed by atoms with van der Waals surface area (Å²) in [6.07, 6.45) is 1.49. The van der Waals surface area contributed by atoms with Crippen LogP contribution in [0.25, 0.3) is 0 Å². The second-order valence-corrected chi connectivity index (χ2v) is 4.64. The third-order valence-electron chi connectivity index (χ3n) is 2.35. The van der Waals surface area contributed by atoms with Crippen molar-refractivity contribution in [2.75, 3.05) is 11.9 Å². The summed E-state index contributed by atoms with van der Waals surface area (Å²) < 4.78 is 6.75. The van der Waals surface area contributed by atoms with Gasteiger partial charge in [0.25, 0.3) is 0 Å². The van der Waals surface area contributed by atoms with Crippen LogP contribution in [0.3, 0.4) is 0 Å². The average Bonchev–Trinajstić information content (AvgIpc) is 2.35. The van der Waals surface area contributed by atoms with E-state index in [-0.39, 0.29) is 0 Å². The molecule has 94 valence electrons. The van der Waals surface area contributed by atoms with Gasteiger partial charge in [0.2, 0.25) is 5.88 Å². The maximum absolute atomic E-state index is 5.69. The summed E-state index contributed by atoms with van der Waals surface area (Å²) in [5.74, 6) is 2.05. The smallest absolute Gasteiger partial charge is 0.224 e. The summed E-state index contributed by atoms with van der Waals surface area (Å²) in [4.78, 5) is 8.18. The summed E-state index contributed by atoms with van der Waals surface area (Å²) in [5.41, 5.74) is 1.12. The Kier molecular flexibility index (Phi) is 4.15. The lowest BCUT2D eigenvalue weighted by Gasteiger charge is -2.07. The Morgan fingerprint density at radius 1 is 1.28 bits per heavy atom. The highest BCUT2D eigenvalue weighted by atomic mass is 79.9. The lowest BCUT2D eigenvalue weighted by Crippen LogP contribution is -2.00. The van der Waals surface area contributed by atoms with Gasteiger partial charge in [-0.2, -0.15) is 0 Å². The number of aryl methyl sites for hydroxylation is 1. The highest BCUT2D eigenvalue weighted by Gasteiger charge is 2.02. The van der Waals surface area contributed by atoms with Gasteiger partial charge in [-0.15, -0.1) is 0 Å². The zero-order valence-electron chi connectivity index (χ0n) is 10.3. The first-order valence-corrected chi connectivity index (χ1v) is 6.48. The van der Waals surface area contributed by atoms with Gasteiger partial charge in [0, 0.05) is 17.1 Å². The summed E-state index contributed by atoms with van der Waals surface area (Å²) >= 11 is 3.46. The van der Waals surface area contributed by atoms with E-state index in [0.717, 1.165) is 28.1 Å². The van der Waals surface area contributed by atoms with Crippen LogP contribution in [0.15, 0.2) is 35.1 Å². The molecule has 0 saturated carbocycles. The van der Waals surface area contributed by atoms with Crippen LogP contribution in [-0.4, -0.2) is 16.5 Å². The highest BCUT2D eigenvalue weighted by molar-refractivity contribution is 9.10. The number of hydrogen-bond acceptors (Lipinski definition) is 4. The van der Waals surface area contributed by atoms with E-state index in [1.807, 2.05) is 32.0 Å². The Balaban J connectivity index is 2.17. The number of nitrogens with one attached hydrogen (secondary N) is 1. The van der Waals surface area contributed by atoms with Gasteiger partial charge in [-0.3, -0.25) is 0 Å². The quantitative estimate of drug-likeness (QED) is 0.934. The molecular formula is C13H14BrN3O. The van der Waals surface area contributed by atoms with Crippen molar-refractivity contribution in [3.05, 3.63) is 40.6 Å². The van der Waals surface area contributed by atoms with E-state index in [4.69, 9.17) is 4.74 Å². The molecule has 0 aliphatic heterocycles. The molecule has 4 nitrogen and oxygen atoms in total. The molecule has 18 heavy (non-hydrogen) atoms. The van der Waals surface area contributed by atoms with Crippen molar-refractivity contribution in [2.24, 2.45) is 0 Å². The van der Waals surface area contributed by atoms with Crippen molar-refractivity contribution < 1.29 is 4.74 Å². The number of rotatable bonds is 4. The van der Waals surface area contributed by atoms with Gasteiger partial charge >= 0.3 is 0 Å². The third-order valence-corrected chi connectivity index (χ3v) is 3.24. The van der Waals surface area contributed by atoms with Gasteiger partial charge in [0.15, 0.2) is 0 Å². The Morgan fingerprint density at radius 2 is 2.11 bits per heavy atom. The molecule has 0 bridgehead atoms. The van der Waals surface area contributed by atoms with E-state index in [0.29, 0.717) is 5.88 Å². The van der Waals surface area contributed by atoms with E-state index in [1.165, 1.54) is 6.33 Å². The van der Waals surface area contributed by atoms with Crippen molar-refractivity contribution in [1.29, 1.82) is 0 Å². The standard InChI is InChI=1S/C13H14BrN3O/c1-3-15-12-7-13(17-8-16-12)18-10-4-5-11(14)9(2)6-10/h4-8H,3H2,1-2H3,(H,15,16,17). The van der Waals surface area contributed by atoms with Gasteiger partial charge < -0.3 is 10.1 Å². The Hall–Kier alpha value is -1.62. The lowest BCUT2D eigenvalue weighted by molar-refractivity contribution is 0.461. The Bertz CT molecular complexity index is 546. The number of anilines is 1. The van der Waals surface area contributed by atoms with Crippen molar-refractivity contribution >= 4 is 21.7 Å². The fourth-order valence-corrected chi connectivity index (χ4v) is 1.72. The molecule has 1 N–H and O–H groups in total. The number of hydrogen-bond donors (Lipinski definition) is 1. The minimum absolute atomic E-state index is 0.530. The number of nitrogens with zero attached hydrogens (tertiary/aromatic N) is 2. The predicted octanol–water partition coefficient (Wildman–Crippen LogP) is 3.77. The number of aromatic nitrogens is 2. The fourth-order valence-electron chi connectivity index (χ4n) is 1.47. The maximum atomic E-state index is 5.69. The number of ether oxygens (including phenoxy) is 1. The molecule has 0 atom stereocenters. The molecule has 0 radical (unpaired) electrons. The second kappa shape index (κ2) is 5.82. The molecule has 0 spiro atoms. The summed E-state index contributed by atoms with van der Waals surface area (Å²) in [5, 5.41) is 3.12. The Labute approximate surface area is 115 Å². The number of benzene rings is 1. The van der Waals surface area contributed by atoms with Crippen LogP contribution in [-0.2, 0) is 0 Å². The van der Waals surface area contributed by atoms with Gasteiger partial charge in [-0.25, -0.2) is 9.97 Å². The van der Waals surface area contributed by atoms with Crippen molar-refractivity contribution in [3.8, 4) is 11.6 Å². The van der Waals surface area contributed by atoms with Gasteiger partial charge in [0.05, 0.1) is 0 Å². The SMILES string of the molecule is CCNc1cc(Oc2ccc(Br)c(C)c2)ncn1. The lowest BCUT2D eigenvalue weighted by atomic mass is 10.2. The molecule has 0 unspecified atom stereocenters. The molecule has 2 rings (SSSR count). The molecule has 1 aromatic heterocycles. The van der Waals surface area contributed by atoms with Crippen molar-refractivity contribution in [2.45, 2.75) is 13.8 Å². The molecule has 0 aliphatic rings. The first-order chi connectivity index (χ1) is 8.69. The van der Waals surface area contributed by atoms with Crippen LogP contribution < -0.4 is 10.1 Å².